The van der Waals surface area contributed by atoms with E-state index in [9.17, 15) is 21.6 Å². The lowest BCUT2D eigenvalue weighted by atomic mass is 10.1. The molecule has 1 aliphatic rings. The minimum atomic E-state index is -4.00. The van der Waals surface area contributed by atoms with Crippen molar-refractivity contribution < 1.29 is 21.6 Å². The fourth-order valence-electron chi connectivity index (χ4n) is 2.63. The summed E-state index contributed by atoms with van der Waals surface area (Å²) in [6, 6.07) is 5.54. The zero-order chi connectivity index (χ0) is 18.0. The molecule has 0 amide bonds. The number of nitrogens with zero attached hydrogens (tertiary/aromatic N) is 2. The second kappa shape index (κ2) is 6.91. The first-order valence-corrected chi connectivity index (χ1v) is 9.16. The largest absolute Gasteiger partial charge is 0.354 e. The second-order valence-corrected chi connectivity index (χ2v) is 7.45. The average Bonchev–Trinajstić information content (AvgIpc) is 2.58. The van der Waals surface area contributed by atoms with Crippen molar-refractivity contribution in [3.63, 3.8) is 0 Å². The number of halogens is 3. The number of hydrogen-bond acceptors (Lipinski definition) is 4. The molecular weight excluding hydrogens is 355 g/mol. The van der Waals surface area contributed by atoms with Gasteiger partial charge in [0, 0.05) is 18.8 Å². The molecule has 1 aromatic heterocycles. The van der Waals surface area contributed by atoms with E-state index in [4.69, 9.17) is 0 Å². The van der Waals surface area contributed by atoms with Gasteiger partial charge in [-0.3, -0.25) is 4.72 Å². The standard InChI is InChI=1S/C16H16F3N3O2S/c17-11-2-1-7-22(10-11)16-6-4-13(9-20-16)25(23,24)21-12-3-5-14(18)15(19)8-12/h3-6,8-9,11,21H,1-2,7,10H2. The van der Waals surface area contributed by atoms with Gasteiger partial charge in [0.1, 0.15) is 16.9 Å². The summed E-state index contributed by atoms with van der Waals surface area (Å²) in [7, 11) is -4.00. The molecule has 0 radical (unpaired) electrons. The van der Waals surface area contributed by atoms with E-state index in [1.807, 2.05) is 0 Å². The van der Waals surface area contributed by atoms with Crippen molar-refractivity contribution in [3.05, 3.63) is 48.2 Å². The first-order chi connectivity index (χ1) is 11.8. The monoisotopic (exact) mass is 371 g/mol. The van der Waals surface area contributed by atoms with Gasteiger partial charge in [-0.2, -0.15) is 0 Å². The van der Waals surface area contributed by atoms with Crippen molar-refractivity contribution in [2.75, 3.05) is 22.7 Å². The maximum atomic E-state index is 13.5. The SMILES string of the molecule is O=S(=O)(Nc1ccc(F)c(F)c1)c1ccc(N2CCCC(F)C2)nc1. The summed E-state index contributed by atoms with van der Waals surface area (Å²) in [5.41, 5.74) is -0.0979. The molecular formula is C16H16F3N3O2S. The molecule has 1 unspecified atom stereocenters. The maximum Gasteiger partial charge on any atom is 0.263 e. The maximum absolute atomic E-state index is 13.5. The zero-order valence-electron chi connectivity index (χ0n) is 13.1. The molecule has 0 saturated carbocycles. The molecule has 134 valence electrons. The van der Waals surface area contributed by atoms with Crippen molar-refractivity contribution in [3.8, 4) is 0 Å². The van der Waals surface area contributed by atoms with Gasteiger partial charge in [0.2, 0.25) is 0 Å². The number of nitrogens with one attached hydrogen (secondary N) is 1. The highest BCUT2D eigenvalue weighted by molar-refractivity contribution is 7.92. The molecule has 1 aromatic carbocycles. The summed E-state index contributed by atoms with van der Waals surface area (Å²) in [5.74, 6) is -1.73. The number of alkyl halides is 1. The highest BCUT2D eigenvalue weighted by Crippen LogP contribution is 2.22. The fraction of sp³-hybridized carbons (Fsp3) is 0.312. The topological polar surface area (TPSA) is 62.3 Å². The molecule has 9 heteroatoms. The third kappa shape index (κ3) is 4.04. The molecule has 1 saturated heterocycles. The Morgan fingerprint density at radius 1 is 1.16 bits per heavy atom. The van der Waals surface area contributed by atoms with Crippen LogP contribution in [0.4, 0.5) is 24.7 Å². The Kier molecular flexibility index (Phi) is 4.85. The lowest BCUT2D eigenvalue weighted by Gasteiger charge is -2.29. The summed E-state index contributed by atoms with van der Waals surface area (Å²) < 4.78 is 66.3. The minimum absolute atomic E-state index is 0.0979. The molecule has 2 aromatic rings. The number of anilines is 2. The van der Waals surface area contributed by atoms with Gasteiger partial charge in [0.05, 0.1) is 12.2 Å². The quantitative estimate of drug-likeness (QED) is 0.897. The van der Waals surface area contributed by atoms with Gasteiger partial charge in [-0.15, -0.1) is 0 Å². The van der Waals surface area contributed by atoms with Crippen LogP contribution in [0, 0.1) is 11.6 Å². The predicted molar refractivity (Wildman–Crippen MR) is 87.7 cm³/mol. The van der Waals surface area contributed by atoms with Crippen molar-refractivity contribution in [1.29, 1.82) is 0 Å². The van der Waals surface area contributed by atoms with Gasteiger partial charge in [0.25, 0.3) is 10.0 Å². The summed E-state index contributed by atoms with van der Waals surface area (Å²) in [5, 5.41) is 0. The van der Waals surface area contributed by atoms with E-state index in [2.05, 4.69) is 9.71 Å². The van der Waals surface area contributed by atoms with Crippen LogP contribution in [0.1, 0.15) is 12.8 Å². The van der Waals surface area contributed by atoms with Gasteiger partial charge < -0.3 is 4.90 Å². The third-order valence-electron chi connectivity index (χ3n) is 3.89. The van der Waals surface area contributed by atoms with Gasteiger partial charge in [-0.05, 0) is 37.1 Å². The van der Waals surface area contributed by atoms with Crippen molar-refractivity contribution in [2.45, 2.75) is 23.9 Å². The first kappa shape index (κ1) is 17.5. The fourth-order valence-corrected chi connectivity index (χ4v) is 3.62. The van der Waals surface area contributed by atoms with E-state index in [1.54, 1.807) is 4.90 Å². The zero-order valence-corrected chi connectivity index (χ0v) is 13.9. The Labute approximate surface area is 143 Å². The lowest BCUT2D eigenvalue weighted by Crippen LogP contribution is -2.36. The van der Waals surface area contributed by atoms with Crippen LogP contribution < -0.4 is 9.62 Å². The Balaban J connectivity index is 1.77. The van der Waals surface area contributed by atoms with Crippen LogP contribution in [0.25, 0.3) is 0 Å². The number of rotatable bonds is 4. The number of piperidine rings is 1. The van der Waals surface area contributed by atoms with E-state index in [0.717, 1.165) is 24.4 Å². The van der Waals surface area contributed by atoms with E-state index in [0.29, 0.717) is 25.2 Å². The molecule has 1 fully saturated rings. The van der Waals surface area contributed by atoms with Crippen molar-refractivity contribution in [2.24, 2.45) is 0 Å². The van der Waals surface area contributed by atoms with Crippen LogP contribution in [-0.2, 0) is 10.0 Å². The molecule has 2 heterocycles. The Morgan fingerprint density at radius 3 is 2.60 bits per heavy atom. The van der Waals surface area contributed by atoms with Crippen LogP contribution >= 0.6 is 0 Å². The number of hydrogen-bond donors (Lipinski definition) is 1. The number of pyridine rings is 1. The van der Waals surface area contributed by atoms with Gasteiger partial charge >= 0.3 is 0 Å². The Morgan fingerprint density at radius 2 is 1.96 bits per heavy atom. The molecule has 0 aliphatic carbocycles. The predicted octanol–water partition coefficient (Wildman–Crippen LogP) is 3.10. The van der Waals surface area contributed by atoms with Crippen LogP contribution in [0.15, 0.2) is 41.4 Å². The summed E-state index contributed by atoms with van der Waals surface area (Å²) in [4.78, 5) is 5.71. The smallest absolute Gasteiger partial charge is 0.263 e. The van der Waals surface area contributed by atoms with Crippen LogP contribution in [0.2, 0.25) is 0 Å². The number of benzene rings is 1. The summed E-state index contributed by atoms with van der Waals surface area (Å²) in [6.07, 6.45) is 1.45. The molecule has 5 nitrogen and oxygen atoms in total. The van der Waals surface area contributed by atoms with Gasteiger partial charge in [0.15, 0.2) is 11.6 Å². The highest BCUT2D eigenvalue weighted by Gasteiger charge is 2.21. The highest BCUT2D eigenvalue weighted by atomic mass is 32.2. The van der Waals surface area contributed by atoms with E-state index >= 15 is 0 Å². The molecule has 1 N–H and O–H groups in total. The molecule has 1 aliphatic heterocycles. The molecule has 0 bridgehead atoms. The average molecular weight is 371 g/mol. The first-order valence-electron chi connectivity index (χ1n) is 7.68. The summed E-state index contributed by atoms with van der Waals surface area (Å²) in [6.45, 7) is 0.888. The van der Waals surface area contributed by atoms with Crippen LogP contribution in [0.3, 0.4) is 0 Å². The Bertz CT molecular complexity index is 859. The van der Waals surface area contributed by atoms with Crippen molar-refractivity contribution >= 4 is 21.5 Å². The third-order valence-corrected chi connectivity index (χ3v) is 5.26. The van der Waals surface area contributed by atoms with Crippen molar-refractivity contribution in [1.82, 2.24) is 4.98 Å². The molecule has 1 atom stereocenters. The van der Waals surface area contributed by atoms with Crippen LogP contribution in [-0.4, -0.2) is 32.7 Å². The normalized spacial score (nSPS) is 18.2. The molecule has 25 heavy (non-hydrogen) atoms. The van der Waals surface area contributed by atoms with E-state index < -0.39 is 27.8 Å². The summed E-state index contributed by atoms with van der Waals surface area (Å²) >= 11 is 0. The van der Waals surface area contributed by atoms with Gasteiger partial charge in [-0.1, -0.05) is 0 Å². The second-order valence-electron chi connectivity index (χ2n) is 5.77. The minimum Gasteiger partial charge on any atom is -0.354 e. The molecule has 0 spiro atoms. The lowest BCUT2D eigenvalue weighted by molar-refractivity contribution is 0.286. The Hall–Kier alpha value is -2.29. The number of sulfonamides is 1. The number of aromatic nitrogens is 1. The van der Waals surface area contributed by atoms with E-state index in [1.165, 1.54) is 12.1 Å². The van der Waals surface area contributed by atoms with E-state index in [-0.39, 0.29) is 17.1 Å². The van der Waals surface area contributed by atoms with Crippen LogP contribution in [0.5, 0.6) is 0 Å². The van der Waals surface area contributed by atoms with Gasteiger partial charge in [-0.25, -0.2) is 26.6 Å². The molecule has 3 rings (SSSR count).